The van der Waals surface area contributed by atoms with Gasteiger partial charge in [-0.3, -0.25) is 14.7 Å². The van der Waals surface area contributed by atoms with E-state index in [1.165, 1.54) is 0 Å². The van der Waals surface area contributed by atoms with Crippen molar-refractivity contribution in [2.24, 2.45) is 0 Å². The summed E-state index contributed by atoms with van der Waals surface area (Å²) in [5, 5.41) is 15.0. The highest BCUT2D eigenvalue weighted by Crippen LogP contribution is 2.28. The van der Waals surface area contributed by atoms with Crippen LogP contribution in [0.1, 0.15) is 17.7 Å². The molecule has 2 aromatic carbocycles. The Morgan fingerprint density at radius 2 is 1.85 bits per heavy atom. The first kappa shape index (κ1) is 21.2. The van der Waals surface area contributed by atoms with E-state index in [9.17, 15) is 9.90 Å². The quantitative estimate of drug-likeness (QED) is 0.491. The maximum absolute atomic E-state index is 11.3. The number of hydrogen-bond acceptors (Lipinski definition) is 5. The van der Waals surface area contributed by atoms with Gasteiger partial charge in [-0.25, -0.2) is 4.68 Å². The smallest absolute Gasteiger partial charge is 0.307 e. The number of carboxylic acid groups (broad SMARTS) is 1. The topological polar surface area (TPSA) is 74.5 Å². The standard InChI is InChI=1S/C26H27N5O2/c32-25(33)18-20-16-21-6-4-10-27-26(21)24(17-20)30-12-5-11-29(14-15-30)19-22-9-13-31(28-22)23-7-2-1-3-8-23/h1-4,6-10,13,16-17H,5,11-12,14-15,18-19H2,(H,32,33). The third-order valence-electron chi connectivity index (χ3n) is 6.08. The molecule has 0 radical (unpaired) electrons. The van der Waals surface area contributed by atoms with Crippen LogP contribution in [0.5, 0.6) is 0 Å². The lowest BCUT2D eigenvalue weighted by Gasteiger charge is -2.25. The van der Waals surface area contributed by atoms with Gasteiger partial charge in [0.2, 0.25) is 0 Å². The Kier molecular flexibility index (Phi) is 6.04. The molecule has 1 aliphatic heterocycles. The van der Waals surface area contributed by atoms with Crippen LogP contribution < -0.4 is 4.90 Å². The maximum atomic E-state index is 11.3. The number of carbonyl (C=O) groups is 1. The fourth-order valence-electron chi connectivity index (χ4n) is 4.52. The SMILES string of the molecule is O=C(O)Cc1cc(N2CCCN(Cc3ccn(-c4ccccc4)n3)CC2)c2ncccc2c1. The number of fused-ring (bicyclic) bond motifs is 1. The fraction of sp³-hybridized carbons (Fsp3) is 0.269. The van der Waals surface area contributed by atoms with E-state index in [-0.39, 0.29) is 6.42 Å². The van der Waals surface area contributed by atoms with Crippen LogP contribution >= 0.6 is 0 Å². The minimum atomic E-state index is -0.818. The van der Waals surface area contributed by atoms with Crippen molar-refractivity contribution in [3.05, 3.63) is 84.3 Å². The summed E-state index contributed by atoms with van der Waals surface area (Å²) in [5.74, 6) is -0.818. The number of pyridine rings is 1. The lowest BCUT2D eigenvalue weighted by molar-refractivity contribution is -0.136. The number of nitrogens with zero attached hydrogens (tertiary/aromatic N) is 5. The highest BCUT2D eigenvalue weighted by molar-refractivity contribution is 5.92. The van der Waals surface area contributed by atoms with Gasteiger partial charge in [0.25, 0.3) is 0 Å². The summed E-state index contributed by atoms with van der Waals surface area (Å²) < 4.78 is 1.92. The minimum Gasteiger partial charge on any atom is -0.481 e. The van der Waals surface area contributed by atoms with Crippen LogP contribution in [0, 0.1) is 0 Å². The Hall–Kier alpha value is -3.71. The molecule has 0 saturated carbocycles. The summed E-state index contributed by atoms with van der Waals surface area (Å²) in [6, 6.07) is 20.1. The minimum absolute atomic E-state index is 0.0157. The summed E-state index contributed by atoms with van der Waals surface area (Å²) in [6.07, 6.45) is 4.86. The van der Waals surface area contributed by atoms with Crippen molar-refractivity contribution >= 4 is 22.6 Å². The van der Waals surface area contributed by atoms with Crippen molar-refractivity contribution < 1.29 is 9.90 Å². The summed E-state index contributed by atoms with van der Waals surface area (Å²) >= 11 is 0. The molecule has 7 nitrogen and oxygen atoms in total. The van der Waals surface area contributed by atoms with Crippen LogP contribution in [0.4, 0.5) is 5.69 Å². The molecule has 1 N–H and O–H groups in total. The molecule has 1 fully saturated rings. The van der Waals surface area contributed by atoms with Crippen molar-refractivity contribution in [2.45, 2.75) is 19.4 Å². The largest absolute Gasteiger partial charge is 0.481 e. The van der Waals surface area contributed by atoms with Crippen LogP contribution in [0.25, 0.3) is 16.6 Å². The molecule has 0 atom stereocenters. The molecular weight excluding hydrogens is 414 g/mol. The van der Waals surface area contributed by atoms with Gasteiger partial charge in [0, 0.05) is 50.5 Å². The first-order chi connectivity index (χ1) is 16.2. The first-order valence-electron chi connectivity index (χ1n) is 11.3. The Bertz CT molecular complexity index is 1250. The van der Waals surface area contributed by atoms with E-state index in [2.05, 4.69) is 33.0 Å². The van der Waals surface area contributed by atoms with Crippen LogP contribution in [-0.2, 0) is 17.8 Å². The zero-order valence-electron chi connectivity index (χ0n) is 18.5. The summed E-state index contributed by atoms with van der Waals surface area (Å²) in [5.41, 5.74) is 4.89. The number of para-hydroxylation sites is 1. The second kappa shape index (κ2) is 9.42. The van der Waals surface area contributed by atoms with Gasteiger partial charge in [-0.1, -0.05) is 24.3 Å². The highest BCUT2D eigenvalue weighted by Gasteiger charge is 2.19. The van der Waals surface area contributed by atoms with E-state index in [0.717, 1.165) is 72.7 Å². The average Bonchev–Trinajstić information content (AvgIpc) is 3.17. The summed E-state index contributed by atoms with van der Waals surface area (Å²) in [4.78, 5) is 20.7. The Labute approximate surface area is 192 Å². The third kappa shape index (κ3) is 4.88. The molecule has 1 aliphatic rings. The lowest BCUT2D eigenvalue weighted by atomic mass is 10.1. The first-order valence-corrected chi connectivity index (χ1v) is 11.3. The van der Waals surface area contributed by atoms with E-state index >= 15 is 0 Å². The van der Waals surface area contributed by atoms with E-state index < -0.39 is 5.97 Å². The third-order valence-corrected chi connectivity index (χ3v) is 6.08. The van der Waals surface area contributed by atoms with Crippen LogP contribution in [-0.4, -0.2) is 56.9 Å². The Morgan fingerprint density at radius 3 is 2.70 bits per heavy atom. The molecule has 5 rings (SSSR count). The molecule has 0 aliphatic carbocycles. The number of carboxylic acids is 1. The van der Waals surface area contributed by atoms with Crippen molar-refractivity contribution in [2.75, 3.05) is 31.1 Å². The van der Waals surface area contributed by atoms with Crippen LogP contribution in [0.15, 0.2) is 73.1 Å². The molecule has 3 heterocycles. The average molecular weight is 442 g/mol. The monoisotopic (exact) mass is 441 g/mol. The molecule has 1 saturated heterocycles. The molecule has 0 spiro atoms. The van der Waals surface area contributed by atoms with Gasteiger partial charge in [0.05, 0.1) is 29.0 Å². The molecule has 33 heavy (non-hydrogen) atoms. The molecule has 4 aromatic rings. The van der Waals surface area contributed by atoms with Gasteiger partial charge in [-0.05, 0) is 48.4 Å². The molecule has 0 unspecified atom stereocenters. The number of benzene rings is 2. The van der Waals surface area contributed by atoms with Crippen LogP contribution in [0.2, 0.25) is 0 Å². The molecule has 0 bridgehead atoms. The summed E-state index contributed by atoms with van der Waals surface area (Å²) in [6.45, 7) is 4.50. The van der Waals surface area contributed by atoms with Crippen LogP contribution in [0.3, 0.4) is 0 Å². The van der Waals surface area contributed by atoms with Gasteiger partial charge in [0.15, 0.2) is 0 Å². The Balaban J connectivity index is 1.31. The van der Waals surface area contributed by atoms with Crippen molar-refractivity contribution in [3.8, 4) is 5.69 Å². The highest BCUT2D eigenvalue weighted by atomic mass is 16.4. The van der Waals surface area contributed by atoms with E-state index in [4.69, 9.17) is 5.10 Å². The molecular formula is C26H27N5O2. The summed E-state index contributed by atoms with van der Waals surface area (Å²) in [7, 11) is 0. The van der Waals surface area contributed by atoms with Gasteiger partial charge >= 0.3 is 5.97 Å². The van der Waals surface area contributed by atoms with E-state index in [0.29, 0.717) is 0 Å². The van der Waals surface area contributed by atoms with Crippen molar-refractivity contribution in [3.63, 3.8) is 0 Å². The van der Waals surface area contributed by atoms with Crippen molar-refractivity contribution in [1.82, 2.24) is 19.7 Å². The second-order valence-electron chi connectivity index (χ2n) is 8.46. The normalized spacial score (nSPS) is 15.0. The van der Waals surface area contributed by atoms with Gasteiger partial charge in [0.1, 0.15) is 0 Å². The number of rotatable bonds is 6. The fourth-order valence-corrected chi connectivity index (χ4v) is 4.52. The van der Waals surface area contributed by atoms with Gasteiger partial charge in [-0.2, -0.15) is 5.10 Å². The van der Waals surface area contributed by atoms with Gasteiger partial charge in [-0.15, -0.1) is 0 Å². The number of anilines is 1. The number of aliphatic carboxylic acids is 1. The predicted octanol–water partition coefficient (Wildman–Crippen LogP) is 3.76. The van der Waals surface area contributed by atoms with E-state index in [1.807, 2.05) is 53.3 Å². The zero-order chi connectivity index (χ0) is 22.6. The molecule has 7 heteroatoms. The molecule has 168 valence electrons. The molecule has 2 aromatic heterocycles. The van der Waals surface area contributed by atoms with Crippen molar-refractivity contribution in [1.29, 1.82) is 0 Å². The maximum Gasteiger partial charge on any atom is 0.307 e. The predicted molar refractivity (Wildman–Crippen MR) is 129 cm³/mol. The molecule has 0 amide bonds. The number of hydrogen-bond donors (Lipinski definition) is 1. The lowest BCUT2D eigenvalue weighted by Crippen LogP contribution is -2.31. The zero-order valence-corrected chi connectivity index (χ0v) is 18.5. The number of aromatic nitrogens is 3. The Morgan fingerprint density at radius 1 is 0.970 bits per heavy atom. The van der Waals surface area contributed by atoms with E-state index in [1.54, 1.807) is 6.20 Å². The second-order valence-corrected chi connectivity index (χ2v) is 8.46. The van der Waals surface area contributed by atoms with Gasteiger partial charge < -0.3 is 10.0 Å².